The van der Waals surface area contributed by atoms with Crippen molar-refractivity contribution in [2.45, 2.75) is 12.3 Å². The third-order valence-electron chi connectivity index (χ3n) is 5.75. The highest BCUT2D eigenvalue weighted by atomic mass is 19.3. The van der Waals surface area contributed by atoms with Crippen molar-refractivity contribution in [3.8, 4) is 22.6 Å². The summed E-state index contributed by atoms with van der Waals surface area (Å²) in [5.74, 6) is -2.55. The second kappa shape index (κ2) is 9.86. The SMILES string of the molecule is C=CC(=O)N1CCC(CNc2ncnc(N)c2-c2ccc(Oc3ccccc3)cc2)C(F)(F)C1. The van der Waals surface area contributed by atoms with Gasteiger partial charge in [0.1, 0.15) is 29.5 Å². The van der Waals surface area contributed by atoms with E-state index in [0.29, 0.717) is 22.9 Å². The van der Waals surface area contributed by atoms with Gasteiger partial charge in [0.15, 0.2) is 0 Å². The van der Waals surface area contributed by atoms with Crippen LogP contribution in [0, 0.1) is 5.92 Å². The molecular formula is C25H25F2N5O2. The maximum atomic E-state index is 14.7. The van der Waals surface area contributed by atoms with E-state index < -0.39 is 24.3 Å². The van der Waals surface area contributed by atoms with Crippen LogP contribution in [0.3, 0.4) is 0 Å². The van der Waals surface area contributed by atoms with Crippen LogP contribution in [0.15, 0.2) is 73.6 Å². The van der Waals surface area contributed by atoms with Gasteiger partial charge in [-0.1, -0.05) is 36.9 Å². The van der Waals surface area contributed by atoms with E-state index in [1.807, 2.05) is 42.5 Å². The Balaban J connectivity index is 1.48. The molecule has 0 radical (unpaired) electrons. The first-order valence-corrected chi connectivity index (χ1v) is 10.8. The van der Waals surface area contributed by atoms with Gasteiger partial charge in [-0.25, -0.2) is 18.7 Å². The van der Waals surface area contributed by atoms with Gasteiger partial charge in [0.05, 0.1) is 12.1 Å². The number of carbonyl (C=O) groups is 1. The minimum Gasteiger partial charge on any atom is -0.457 e. The van der Waals surface area contributed by atoms with Crippen molar-refractivity contribution < 1.29 is 18.3 Å². The Morgan fingerprint density at radius 3 is 2.56 bits per heavy atom. The number of amides is 1. The molecule has 1 aromatic heterocycles. The lowest BCUT2D eigenvalue weighted by molar-refractivity contribution is -0.144. The van der Waals surface area contributed by atoms with E-state index >= 15 is 0 Å². The quantitative estimate of drug-likeness (QED) is 0.496. The molecule has 0 aliphatic carbocycles. The van der Waals surface area contributed by atoms with Crippen LogP contribution < -0.4 is 15.8 Å². The first-order chi connectivity index (χ1) is 16.4. The van der Waals surface area contributed by atoms with Gasteiger partial charge in [0.25, 0.3) is 5.92 Å². The van der Waals surface area contributed by atoms with Crippen LogP contribution in [0.2, 0.25) is 0 Å². The molecule has 1 amide bonds. The van der Waals surface area contributed by atoms with Crippen molar-refractivity contribution >= 4 is 17.5 Å². The van der Waals surface area contributed by atoms with Crippen LogP contribution in [0.5, 0.6) is 11.5 Å². The summed E-state index contributed by atoms with van der Waals surface area (Å²) in [6.45, 7) is 2.95. The smallest absolute Gasteiger partial charge is 0.269 e. The molecule has 7 nitrogen and oxygen atoms in total. The molecule has 1 saturated heterocycles. The van der Waals surface area contributed by atoms with Crippen LogP contribution in [-0.4, -0.2) is 46.3 Å². The lowest BCUT2D eigenvalue weighted by atomic mass is 9.92. The zero-order valence-electron chi connectivity index (χ0n) is 18.5. The molecule has 1 fully saturated rings. The topological polar surface area (TPSA) is 93.4 Å². The maximum Gasteiger partial charge on any atom is 0.269 e. The van der Waals surface area contributed by atoms with Crippen LogP contribution >= 0.6 is 0 Å². The molecular weight excluding hydrogens is 440 g/mol. The second-order valence-corrected chi connectivity index (χ2v) is 8.01. The van der Waals surface area contributed by atoms with E-state index in [9.17, 15) is 13.6 Å². The minimum absolute atomic E-state index is 0.0260. The van der Waals surface area contributed by atoms with Crippen molar-refractivity contribution in [1.29, 1.82) is 0 Å². The number of nitrogens with zero attached hydrogens (tertiary/aromatic N) is 3. The van der Waals surface area contributed by atoms with E-state index in [1.54, 1.807) is 12.1 Å². The number of likely N-dealkylation sites (tertiary alicyclic amines) is 1. The number of benzene rings is 2. The predicted molar refractivity (Wildman–Crippen MR) is 127 cm³/mol. The summed E-state index contributed by atoms with van der Waals surface area (Å²) in [6.07, 6.45) is 2.50. The standard InChI is InChI=1S/C25H25F2N5O2/c1-2-21(33)32-13-12-18(25(26,27)15-32)14-29-24-22(23(28)30-16-31-24)17-8-10-20(11-9-17)34-19-6-4-3-5-7-19/h2-11,16,18H,1,12-15H2,(H3,28,29,30,31). The normalized spacial score (nSPS) is 17.1. The number of nitrogens with two attached hydrogens (primary N) is 1. The number of ether oxygens (including phenoxy) is 1. The Morgan fingerprint density at radius 1 is 1.18 bits per heavy atom. The summed E-state index contributed by atoms with van der Waals surface area (Å²) in [5.41, 5.74) is 7.37. The highest BCUT2D eigenvalue weighted by Crippen LogP contribution is 2.36. The lowest BCUT2D eigenvalue weighted by Gasteiger charge is -2.38. The lowest BCUT2D eigenvalue weighted by Crippen LogP contribution is -2.52. The third kappa shape index (κ3) is 5.14. The monoisotopic (exact) mass is 465 g/mol. The van der Waals surface area contributed by atoms with Gasteiger partial charge in [0.2, 0.25) is 5.91 Å². The van der Waals surface area contributed by atoms with Crippen LogP contribution in [0.1, 0.15) is 6.42 Å². The number of para-hydroxylation sites is 1. The van der Waals surface area contributed by atoms with Crippen molar-refractivity contribution in [3.63, 3.8) is 0 Å². The molecule has 0 bridgehead atoms. The molecule has 4 rings (SSSR count). The van der Waals surface area contributed by atoms with Crippen LogP contribution in [0.25, 0.3) is 11.1 Å². The first kappa shape index (κ1) is 23.2. The van der Waals surface area contributed by atoms with E-state index in [-0.39, 0.29) is 25.3 Å². The molecule has 1 atom stereocenters. The number of carbonyl (C=O) groups excluding carboxylic acids is 1. The molecule has 1 aliphatic rings. The van der Waals surface area contributed by atoms with Gasteiger partial charge in [-0.3, -0.25) is 4.79 Å². The molecule has 34 heavy (non-hydrogen) atoms. The number of nitrogen functional groups attached to an aromatic ring is 1. The number of hydrogen-bond acceptors (Lipinski definition) is 6. The number of hydrogen-bond donors (Lipinski definition) is 2. The zero-order chi connectivity index (χ0) is 24.1. The molecule has 9 heteroatoms. The van der Waals surface area contributed by atoms with Crippen LogP contribution in [0.4, 0.5) is 20.4 Å². The Morgan fingerprint density at radius 2 is 1.88 bits per heavy atom. The first-order valence-electron chi connectivity index (χ1n) is 10.8. The van der Waals surface area contributed by atoms with Gasteiger partial charge in [0, 0.05) is 19.0 Å². The Labute approximate surface area is 196 Å². The highest BCUT2D eigenvalue weighted by molar-refractivity contribution is 5.87. The Kier molecular flexibility index (Phi) is 6.72. The fraction of sp³-hybridized carbons (Fsp3) is 0.240. The number of anilines is 2. The number of piperidine rings is 1. The fourth-order valence-electron chi connectivity index (χ4n) is 3.91. The maximum absolute atomic E-state index is 14.7. The summed E-state index contributed by atoms with van der Waals surface area (Å²) >= 11 is 0. The van der Waals surface area contributed by atoms with Crippen LogP contribution in [-0.2, 0) is 4.79 Å². The van der Waals surface area contributed by atoms with Gasteiger partial charge in [-0.05, 0) is 42.3 Å². The largest absolute Gasteiger partial charge is 0.457 e. The number of halogens is 2. The van der Waals surface area contributed by atoms with Crippen molar-refractivity contribution in [2.24, 2.45) is 5.92 Å². The summed E-state index contributed by atoms with van der Waals surface area (Å²) in [7, 11) is 0. The molecule has 2 heterocycles. The van der Waals surface area contributed by atoms with Gasteiger partial charge >= 0.3 is 0 Å². The summed E-state index contributed by atoms with van der Waals surface area (Å²) in [5, 5.41) is 3.02. The summed E-state index contributed by atoms with van der Waals surface area (Å²) in [4.78, 5) is 21.1. The molecule has 3 aromatic rings. The average molecular weight is 466 g/mol. The molecule has 1 aliphatic heterocycles. The van der Waals surface area contributed by atoms with Gasteiger partial charge < -0.3 is 20.7 Å². The van der Waals surface area contributed by atoms with Crippen molar-refractivity contribution in [3.05, 3.63) is 73.6 Å². The Bertz CT molecular complexity index is 1160. The molecule has 2 aromatic carbocycles. The fourth-order valence-corrected chi connectivity index (χ4v) is 3.91. The highest BCUT2D eigenvalue weighted by Gasteiger charge is 2.45. The summed E-state index contributed by atoms with van der Waals surface area (Å²) in [6, 6.07) is 16.6. The molecule has 0 saturated carbocycles. The number of nitrogens with one attached hydrogen (secondary N) is 1. The molecule has 176 valence electrons. The van der Waals surface area contributed by atoms with Crippen molar-refractivity contribution in [1.82, 2.24) is 14.9 Å². The minimum atomic E-state index is -3.04. The molecule has 0 spiro atoms. The van der Waals surface area contributed by atoms with E-state index in [0.717, 1.165) is 16.5 Å². The number of alkyl halides is 2. The number of aromatic nitrogens is 2. The van der Waals surface area contributed by atoms with E-state index in [1.165, 1.54) is 6.33 Å². The average Bonchev–Trinajstić information content (AvgIpc) is 2.83. The van der Waals surface area contributed by atoms with E-state index in [4.69, 9.17) is 10.5 Å². The van der Waals surface area contributed by atoms with Gasteiger partial charge in [-0.2, -0.15) is 0 Å². The predicted octanol–water partition coefficient (Wildman–Crippen LogP) is 4.60. The summed E-state index contributed by atoms with van der Waals surface area (Å²) < 4.78 is 35.2. The zero-order valence-corrected chi connectivity index (χ0v) is 18.5. The third-order valence-corrected chi connectivity index (χ3v) is 5.75. The van der Waals surface area contributed by atoms with Crippen molar-refractivity contribution in [2.75, 3.05) is 30.7 Å². The number of rotatable bonds is 7. The molecule has 1 unspecified atom stereocenters. The second-order valence-electron chi connectivity index (χ2n) is 8.01. The van der Waals surface area contributed by atoms with E-state index in [2.05, 4.69) is 21.9 Å². The molecule has 3 N–H and O–H groups in total. The van der Waals surface area contributed by atoms with Gasteiger partial charge in [-0.15, -0.1) is 0 Å². The Hall–Kier alpha value is -4.01.